The van der Waals surface area contributed by atoms with Crippen LogP contribution in [-0.4, -0.2) is 36.8 Å². The van der Waals surface area contributed by atoms with Gasteiger partial charge in [-0.1, -0.05) is 26.7 Å². The van der Waals surface area contributed by atoms with Crippen molar-refractivity contribution in [3.63, 3.8) is 0 Å². The second-order valence-corrected chi connectivity index (χ2v) is 11.6. The Hall–Kier alpha value is -7.98. The zero-order valence-electron chi connectivity index (χ0n) is 30.3. The molecule has 55 heavy (non-hydrogen) atoms. The van der Waals surface area contributed by atoms with Gasteiger partial charge in [-0.15, -0.1) is 20.5 Å². The van der Waals surface area contributed by atoms with Crippen molar-refractivity contribution in [2.24, 2.45) is 31.2 Å². The molecule has 3 aromatic rings. The molecule has 0 saturated carbocycles. The molecule has 0 bridgehead atoms. The number of azo groups is 2. The Morgan fingerprint density at radius 1 is 0.782 bits per heavy atom. The van der Waals surface area contributed by atoms with E-state index in [0.29, 0.717) is 25.7 Å². The van der Waals surface area contributed by atoms with Crippen molar-refractivity contribution < 1.29 is 9.68 Å². The second-order valence-electron chi connectivity index (χ2n) is 11.6. The van der Waals surface area contributed by atoms with Gasteiger partial charge in [0.2, 0.25) is 0 Å². The summed E-state index contributed by atoms with van der Waals surface area (Å²) in [6, 6.07) is 10.8. The van der Waals surface area contributed by atoms with Gasteiger partial charge < -0.3 is 15.4 Å². The Bertz CT molecular complexity index is 2560. The lowest BCUT2D eigenvalue weighted by molar-refractivity contribution is -0.243. The van der Waals surface area contributed by atoms with Crippen molar-refractivity contribution in [3.8, 4) is 48.2 Å². The monoisotopic (exact) mass is 741 g/mol. The quantitative estimate of drug-likeness (QED) is 0.331. The Morgan fingerprint density at radius 3 is 1.75 bits per heavy atom. The van der Waals surface area contributed by atoms with Crippen molar-refractivity contribution >= 4 is 23.2 Å². The molecule has 1 aliphatic rings. The fourth-order valence-electron chi connectivity index (χ4n) is 5.19. The molecular formula is C34H31N17O4. The number of allylic oxidation sites excluding steroid dienone is 2. The number of imidazole rings is 1. The fourth-order valence-corrected chi connectivity index (χ4v) is 5.19. The molecule has 0 aromatic carbocycles. The Balaban J connectivity index is 2.25. The third-order valence-corrected chi connectivity index (χ3v) is 8.08. The lowest BCUT2D eigenvalue weighted by Gasteiger charge is -2.24. The van der Waals surface area contributed by atoms with E-state index in [2.05, 4.69) is 30.4 Å². The molecule has 0 atom stereocenters. The zero-order valence-corrected chi connectivity index (χ0v) is 30.3. The summed E-state index contributed by atoms with van der Waals surface area (Å²) < 4.78 is 3.40. The average molecular weight is 742 g/mol. The number of fused-ring (bicyclic) bond motifs is 3. The first-order chi connectivity index (χ1) is 26.4. The zero-order chi connectivity index (χ0) is 40.4. The van der Waals surface area contributed by atoms with Gasteiger partial charge in [0.15, 0.2) is 34.3 Å². The highest BCUT2D eigenvalue weighted by molar-refractivity contribution is 5.85. The standard InChI is InChI=1S/C34H31N17O4/c1-6-8-10-49-30(52)21(12-35)19(3)28-32(49)54-48(5)55-33-29(20(4)22(13-36)31(53)50(33)11-9-7-2)46-47-34-43-25(16-39)26(17-40)51(34)18-27(44-45-28)42-24(15-38)23(41)14-37/h6-11,18,41H2,1-5H3/b24-23-,42-27?,45-44?,47-46?. The molecule has 21 nitrogen and oxygen atoms in total. The molecule has 0 spiro atoms. The summed E-state index contributed by atoms with van der Waals surface area (Å²) in [5, 5.41) is 77.0. The highest BCUT2D eigenvalue weighted by atomic mass is 17.0. The Morgan fingerprint density at radius 2 is 1.31 bits per heavy atom. The summed E-state index contributed by atoms with van der Waals surface area (Å²) in [7, 11) is 1.30. The fraction of sp³-hybridized carbons (Fsp3) is 0.353. The summed E-state index contributed by atoms with van der Waals surface area (Å²) in [5.41, 5.74) is 1.65. The highest BCUT2D eigenvalue weighted by Gasteiger charge is 2.28. The first-order valence-corrected chi connectivity index (χ1v) is 16.5. The first-order valence-electron chi connectivity index (χ1n) is 16.5. The lowest BCUT2D eigenvalue weighted by Crippen LogP contribution is -2.35. The van der Waals surface area contributed by atoms with Crippen LogP contribution in [0.4, 0.5) is 17.3 Å². The number of rotatable bonds is 7. The van der Waals surface area contributed by atoms with Crippen LogP contribution in [0.15, 0.2) is 46.4 Å². The van der Waals surface area contributed by atoms with Gasteiger partial charge >= 0.3 is 0 Å². The molecule has 0 saturated heterocycles. The molecule has 4 rings (SSSR count). The SMILES string of the molecule is CCCCn1c2c(c(C)c(C#N)c1=O)N=NC(=N/C(C#N)=C(\N)C#N)Cn1c(nc(C#N)c1C#N)N=Nc1c(C)c(C#N)c(=O)n(CCCC)c1ON(C)O2. The number of hydrogen-bond donors (Lipinski definition) is 1. The minimum Gasteiger partial charge on any atom is -0.388 e. The highest BCUT2D eigenvalue weighted by Crippen LogP contribution is 2.37. The normalized spacial score (nSPS) is 13.7. The molecule has 2 N–H and O–H groups in total. The Labute approximate surface area is 313 Å². The number of unbranched alkanes of at least 4 members (excludes halogenated alkanes) is 2. The van der Waals surface area contributed by atoms with Gasteiger partial charge in [0.1, 0.15) is 53.2 Å². The van der Waals surface area contributed by atoms with E-state index in [0.717, 1.165) is 14.4 Å². The van der Waals surface area contributed by atoms with Crippen LogP contribution in [0.5, 0.6) is 11.8 Å². The summed E-state index contributed by atoms with van der Waals surface area (Å²) in [6.07, 6.45) is 2.21. The maximum Gasteiger partial charge on any atom is 0.271 e. The molecule has 21 heteroatoms. The van der Waals surface area contributed by atoms with Gasteiger partial charge in [-0.2, -0.15) is 36.6 Å². The molecule has 3 aromatic heterocycles. The van der Waals surface area contributed by atoms with Crippen molar-refractivity contribution in [2.75, 3.05) is 7.05 Å². The number of nitriles is 6. The van der Waals surface area contributed by atoms with E-state index >= 15 is 0 Å². The molecular weight excluding hydrogens is 710 g/mol. The maximum absolute atomic E-state index is 13.7. The molecule has 0 fully saturated rings. The van der Waals surface area contributed by atoms with Gasteiger partial charge in [0, 0.05) is 29.4 Å². The van der Waals surface area contributed by atoms with Gasteiger partial charge in [-0.3, -0.25) is 23.3 Å². The smallest absolute Gasteiger partial charge is 0.271 e. The maximum atomic E-state index is 13.7. The number of pyridine rings is 2. The number of hydrogen-bond acceptors (Lipinski definition) is 17. The van der Waals surface area contributed by atoms with Gasteiger partial charge in [0.25, 0.3) is 28.8 Å². The molecule has 0 aliphatic carbocycles. The van der Waals surface area contributed by atoms with E-state index in [-0.39, 0.29) is 75.8 Å². The molecule has 0 unspecified atom stereocenters. The van der Waals surface area contributed by atoms with Crippen LogP contribution < -0.4 is 26.5 Å². The largest absolute Gasteiger partial charge is 0.388 e. The number of aromatic nitrogens is 4. The first kappa shape index (κ1) is 39.8. The van der Waals surface area contributed by atoms with Crippen LogP contribution in [0.2, 0.25) is 0 Å². The van der Waals surface area contributed by atoms with E-state index in [1.807, 2.05) is 32.1 Å². The number of nitrogens with two attached hydrogens (primary N) is 1. The molecule has 0 amide bonds. The van der Waals surface area contributed by atoms with Crippen molar-refractivity contribution in [1.82, 2.24) is 23.9 Å². The van der Waals surface area contributed by atoms with E-state index in [1.165, 1.54) is 25.5 Å². The van der Waals surface area contributed by atoms with E-state index in [9.17, 15) is 41.2 Å². The van der Waals surface area contributed by atoms with Crippen LogP contribution in [0.25, 0.3) is 0 Å². The van der Waals surface area contributed by atoms with E-state index in [1.54, 1.807) is 18.2 Å². The van der Waals surface area contributed by atoms with Crippen LogP contribution in [-0.2, 0) is 19.6 Å². The minimum atomic E-state index is -0.714. The second kappa shape index (κ2) is 17.5. The molecule has 1 aliphatic heterocycles. The average Bonchev–Trinajstić information content (AvgIpc) is 3.51. The predicted octanol–water partition coefficient (Wildman–Crippen LogP) is 4.26. The van der Waals surface area contributed by atoms with Crippen molar-refractivity contribution in [2.45, 2.75) is 73.0 Å². The summed E-state index contributed by atoms with van der Waals surface area (Å²) in [6.45, 7) is 6.17. The van der Waals surface area contributed by atoms with E-state index < -0.39 is 34.9 Å². The summed E-state index contributed by atoms with van der Waals surface area (Å²) in [5.74, 6) is -1.25. The van der Waals surface area contributed by atoms with Crippen LogP contribution in [0.3, 0.4) is 0 Å². The third kappa shape index (κ3) is 7.93. The minimum absolute atomic E-state index is 0.0243. The number of aliphatic imine (C=N–C) groups is 1. The number of hydroxylamine groups is 2. The third-order valence-electron chi connectivity index (χ3n) is 8.08. The number of nitrogens with zero attached hydrogens (tertiary/aromatic N) is 16. The molecule has 276 valence electrons. The number of amidine groups is 1. The summed E-state index contributed by atoms with van der Waals surface area (Å²) in [4.78, 5) is 47.9. The van der Waals surface area contributed by atoms with Crippen LogP contribution in [0.1, 0.15) is 73.2 Å². The van der Waals surface area contributed by atoms with E-state index in [4.69, 9.17) is 15.4 Å². The lowest BCUT2D eigenvalue weighted by atomic mass is 10.1. The topological polar surface area (TPSA) is 314 Å². The van der Waals surface area contributed by atoms with Crippen molar-refractivity contribution in [1.29, 1.82) is 31.6 Å². The van der Waals surface area contributed by atoms with Gasteiger partial charge in [0.05, 0.1) is 13.6 Å². The van der Waals surface area contributed by atoms with Crippen LogP contribution in [0, 0.1) is 81.8 Å². The van der Waals surface area contributed by atoms with Crippen molar-refractivity contribution in [3.05, 3.63) is 65.7 Å². The van der Waals surface area contributed by atoms with Crippen LogP contribution >= 0.6 is 0 Å². The Kier molecular flexibility index (Phi) is 12.7. The molecule has 0 radical (unpaired) electrons. The predicted molar refractivity (Wildman–Crippen MR) is 189 cm³/mol. The van der Waals surface area contributed by atoms with Gasteiger partial charge in [-0.05, 0) is 26.7 Å². The molecule has 4 heterocycles. The van der Waals surface area contributed by atoms with Gasteiger partial charge in [-0.25, -0.2) is 4.99 Å². The summed E-state index contributed by atoms with van der Waals surface area (Å²) >= 11 is 0.